The van der Waals surface area contributed by atoms with Gasteiger partial charge in [0.05, 0.1) is 6.61 Å². The lowest BCUT2D eigenvalue weighted by Gasteiger charge is -2.16. The van der Waals surface area contributed by atoms with Gasteiger partial charge in [0.25, 0.3) is 0 Å². The van der Waals surface area contributed by atoms with Crippen molar-refractivity contribution in [1.82, 2.24) is 0 Å². The minimum Gasteiger partial charge on any atom is -0.480 e. The van der Waals surface area contributed by atoms with Crippen molar-refractivity contribution in [2.24, 2.45) is 0 Å². The predicted octanol–water partition coefficient (Wildman–Crippen LogP) is 2.15. The van der Waals surface area contributed by atoms with Crippen molar-refractivity contribution >= 4 is 11.7 Å². The summed E-state index contributed by atoms with van der Waals surface area (Å²) in [6, 6.07) is 7.18. The molecule has 0 fully saturated rings. The van der Waals surface area contributed by atoms with E-state index in [1.54, 1.807) is 7.11 Å². The number of anilines is 1. The minimum absolute atomic E-state index is 0.543. The summed E-state index contributed by atoms with van der Waals surface area (Å²) >= 11 is 0. The Morgan fingerprint density at radius 3 is 2.76 bits per heavy atom. The van der Waals surface area contributed by atoms with Gasteiger partial charge in [-0.1, -0.05) is 25.1 Å². The lowest BCUT2D eigenvalue weighted by atomic mass is 10.1. The molecule has 2 N–H and O–H groups in total. The van der Waals surface area contributed by atoms with E-state index in [0.29, 0.717) is 13.0 Å². The molecule has 1 unspecified atom stereocenters. The summed E-state index contributed by atoms with van der Waals surface area (Å²) in [6.07, 6.45) is 1.32. The van der Waals surface area contributed by atoms with Gasteiger partial charge >= 0.3 is 5.97 Å². The molecule has 1 atom stereocenters. The normalized spacial score (nSPS) is 12.1. The van der Waals surface area contributed by atoms with Crippen molar-refractivity contribution in [2.45, 2.75) is 25.8 Å². The molecule has 1 aromatic carbocycles. The molecule has 0 aliphatic rings. The van der Waals surface area contributed by atoms with E-state index in [9.17, 15) is 4.79 Å². The molecule has 1 aromatic rings. The highest BCUT2D eigenvalue weighted by molar-refractivity contribution is 5.77. The van der Waals surface area contributed by atoms with Crippen molar-refractivity contribution < 1.29 is 14.6 Å². The molecule has 0 saturated carbocycles. The Hall–Kier alpha value is -1.55. The maximum absolute atomic E-state index is 11.0. The van der Waals surface area contributed by atoms with E-state index >= 15 is 0 Å². The van der Waals surface area contributed by atoms with Gasteiger partial charge in [-0.05, 0) is 24.5 Å². The molecule has 4 heteroatoms. The summed E-state index contributed by atoms with van der Waals surface area (Å²) in [7, 11) is 1.65. The first-order chi connectivity index (χ1) is 8.19. The van der Waals surface area contributed by atoms with Crippen LogP contribution in [0.25, 0.3) is 0 Å². The van der Waals surface area contributed by atoms with Crippen LogP contribution in [0.2, 0.25) is 0 Å². The van der Waals surface area contributed by atoms with E-state index in [-0.39, 0.29) is 0 Å². The van der Waals surface area contributed by atoms with Gasteiger partial charge in [0.1, 0.15) is 6.04 Å². The Kier molecular flexibility index (Phi) is 5.49. The number of carboxylic acid groups (broad SMARTS) is 1. The Morgan fingerprint density at radius 1 is 1.47 bits per heavy atom. The lowest BCUT2D eigenvalue weighted by molar-refractivity contribution is -0.137. The van der Waals surface area contributed by atoms with Crippen molar-refractivity contribution in [3.63, 3.8) is 0 Å². The third-order valence-corrected chi connectivity index (χ3v) is 2.63. The van der Waals surface area contributed by atoms with Gasteiger partial charge in [-0.15, -0.1) is 0 Å². The van der Waals surface area contributed by atoms with Gasteiger partial charge in [-0.25, -0.2) is 4.79 Å². The van der Waals surface area contributed by atoms with E-state index in [0.717, 1.165) is 17.7 Å². The monoisotopic (exact) mass is 237 g/mol. The number of carboxylic acids is 1. The van der Waals surface area contributed by atoms with Gasteiger partial charge in [0.15, 0.2) is 0 Å². The average Bonchev–Trinajstić information content (AvgIpc) is 2.34. The van der Waals surface area contributed by atoms with Crippen molar-refractivity contribution in [3.8, 4) is 0 Å². The topological polar surface area (TPSA) is 58.6 Å². The molecule has 0 aliphatic carbocycles. The third kappa shape index (κ3) is 4.07. The van der Waals surface area contributed by atoms with Crippen LogP contribution < -0.4 is 5.32 Å². The number of nitrogens with one attached hydrogen (secondary N) is 1. The summed E-state index contributed by atoms with van der Waals surface area (Å²) in [5.74, 6) is -0.825. The number of ether oxygens (including phenoxy) is 1. The third-order valence-electron chi connectivity index (χ3n) is 2.63. The zero-order chi connectivity index (χ0) is 12.7. The highest BCUT2D eigenvalue weighted by Gasteiger charge is 2.15. The highest BCUT2D eigenvalue weighted by Crippen LogP contribution is 2.17. The number of carbonyl (C=O) groups is 1. The van der Waals surface area contributed by atoms with E-state index in [4.69, 9.17) is 9.84 Å². The Morgan fingerprint density at radius 2 is 2.18 bits per heavy atom. The largest absolute Gasteiger partial charge is 0.480 e. The first kappa shape index (κ1) is 13.5. The van der Waals surface area contributed by atoms with Gasteiger partial charge in [-0.2, -0.15) is 0 Å². The number of benzene rings is 1. The molecular formula is C13H19NO3. The van der Waals surface area contributed by atoms with E-state index in [2.05, 4.69) is 5.32 Å². The number of hydrogen-bond donors (Lipinski definition) is 2. The smallest absolute Gasteiger partial charge is 0.326 e. The fourth-order valence-electron chi connectivity index (χ4n) is 1.62. The van der Waals surface area contributed by atoms with E-state index in [1.807, 2.05) is 31.2 Å². The van der Waals surface area contributed by atoms with Gasteiger partial charge in [0, 0.05) is 12.8 Å². The van der Waals surface area contributed by atoms with Crippen LogP contribution in [0.3, 0.4) is 0 Å². The second-order valence-electron chi connectivity index (χ2n) is 3.84. The van der Waals surface area contributed by atoms with Crippen molar-refractivity contribution in [2.75, 3.05) is 19.0 Å². The van der Waals surface area contributed by atoms with Crippen LogP contribution in [-0.4, -0.2) is 30.8 Å². The zero-order valence-corrected chi connectivity index (χ0v) is 10.3. The molecule has 0 saturated heterocycles. The van der Waals surface area contributed by atoms with Gasteiger partial charge in [0.2, 0.25) is 0 Å². The van der Waals surface area contributed by atoms with Gasteiger partial charge < -0.3 is 15.2 Å². The van der Waals surface area contributed by atoms with Gasteiger partial charge in [-0.3, -0.25) is 0 Å². The molecule has 1 rings (SSSR count). The molecular weight excluding hydrogens is 218 g/mol. The molecule has 0 bridgehead atoms. The zero-order valence-electron chi connectivity index (χ0n) is 10.3. The molecule has 0 spiro atoms. The number of hydrogen-bond acceptors (Lipinski definition) is 3. The predicted molar refractivity (Wildman–Crippen MR) is 67.4 cm³/mol. The summed E-state index contributed by atoms with van der Waals surface area (Å²) in [6.45, 7) is 2.48. The van der Waals surface area contributed by atoms with Crippen LogP contribution in [-0.2, 0) is 16.0 Å². The summed E-state index contributed by atoms with van der Waals surface area (Å²) in [4.78, 5) is 11.0. The second kappa shape index (κ2) is 6.91. The molecule has 94 valence electrons. The highest BCUT2D eigenvalue weighted by atomic mass is 16.5. The molecule has 0 amide bonds. The Bertz CT molecular complexity index is 365. The Balaban J connectivity index is 2.78. The molecule has 0 aromatic heterocycles. The minimum atomic E-state index is -0.825. The van der Waals surface area contributed by atoms with Crippen LogP contribution in [0.15, 0.2) is 24.3 Å². The standard InChI is InChI=1S/C13H19NO3/c1-3-11(13(15)16)14-12-7-5-4-6-10(12)8-9-17-2/h4-7,11,14H,3,8-9H2,1-2H3,(H,15,16). The molecule has 4 nitrogen and oxygen atoms in total. The van der Waals surface area contributed by atoms with Crippen molar-refractivity contribution in [3.05, 3.63) is 29.8 Å². The maximum atomic E-state index is 11.0. The number of aliphatic carboxylic acids is 1. The molecule has 0 aliphatic heterocycles. The van der Waals surface area contributed by atoms with Crippen LogP contribution in [0.4, 0.5) is 5.69 Å². The fraction of sp³-hybridized carbons (Fsp3) is 0.462. The lowest BCUT2D eigenvalue weighted by Crippen LogP contribution is -2.28. The average molecular weight is 237 g/mol. The van der Waals surface area contributed by atoms with Crippen LogP contribution in [0.5, 0.6) is 0 Å². The molecule has 17 heavy (non-hydrogen) atoms. The first-order valence-corrected chi connectivity index (χ1v) is 5.75. The van der Waals surface area contributed by atoms with E-state index in [1.165, 1.54) is 0 Å². The van der Waals surface area contributed by atoms with E-state index < -0.39 is 12.0 Å². The second-order valence-corrected chi connectivity index (χ2v) is 3.84. The summed E-state index contributed by atoms with van der Waals surface area (Å²) in [5, 5.41) is 12.1. The quantitative estimate of drug-likeness (QED) is 0.763. The number of para-hydroxylation sites is 1. The number of methoxy groups -OCH3 is 1. The van der Waals surface area contributed by atoms with Crippen molar-refractivity contribution in [1.29, 1.82) is 0 Å². The van der Waals surface area contributed by atoms with Crippen LogP contribution in [0.1, 0.15) is 18.9 Å². The maximum Gasteiger partial charge on any atom is 0.326 e. The fourth-order valence-corrected chi connectivity index (χ4v) is 1.62. The molecule has 0 radical (unpaired) electrons. The SMILES string of the molecule is CCC(Nc1ccccc1CCOC)C(=O)O. The first-order valence-electron chi connectivity index (χ1n) is 5.75. The van der Waals surface area contributed by atoms with Crippen LogP contribution in [0, 0.1) is 0 Å². The van der Waals surface area contributed by atoms with Crippen LogP contribution >= 0.6 is 0 Å². The Labute approximate surface area is 102 Å². The summed E-state index contributed by atoms with van der Waals surface area (Å²) < 4.78 is 5.04. The number of rotatable bonds is 7. The summed E-state index contributed by atoms with van der Waals surface area (Å²) in [5.41, 5.74) is 1.95. The molecule has 0 heterocycles.